The van der Waals surface area contributed by atoms with Gasteiger partial charge in [-0.2, -0.15) is 10.1 Å². The summed E-state index contributed by atoms with van der Waals surface area (Å²) in [5.74, 6) is 2.11. The van der Waals surface area contributed by atoms with Crippen molar-refractivity contribution in [3.05, 3.63) is 42.7 Å². The van der Waals surface area contributed by atoms with Gasteiger partial charge >= 0.3 is 0 Å². The van der Waals surface area contributed by atoms with Crippen molar-refractivity contribution in [3.8, 4) is 0 Å². The summed E-state index contributed by atoms with van der Waals surface area (Å²) >= 11 is 3.36. The van der Waals surface area contributed by atoms with Gasteiger partial charge in [-0.3, -0.25) is 9.88 Å². The van der Waals surface area contributed by atoms with Crippen LogP contribution in [0.4, 0.5) is 11.8 Å². The number of rotatable bonds is 10. The Morgan fingerprint density at radius 3 is 2.62 bits per heavy atom. The number of pyridine rings is 1. The number of thiophene rings is 1. The molecule has 0 saturated carbocycles. The predicted molar refractivity (Wildman–Crippen MR) is 158 cm³/mol. The third-order valence-electron chi connectivity index (χ3n) is 6.72. The zero-order valence-corrected chi connectivity index (χ0v) is 24.0. The lowest BCUT2D eigenvalue weighted by Gasteiger charge is -2.44. The molecule has 10 heteroatoms. The van der Waals surface area contributed by atoms with Crippen LogP contribution in [0.2, 0.25) is 0 Å². The van der Waals surface area contributed by atoms with Crippen molar-refractivity contribution in [2.24, 2.45) is 5.10 Å². The minimum absolute atomic E-state index is 0.341. The number of fused-ring (bicyclic) bond motifs is 1. The molecule has 0 aromatic carbocycles. The van der Waals surface area contributed by atoms with Gasteiger partial charge in [0.15, 0.2) is 5.84 Å². The predicted octanol–water partition coefficient (Wildman–Crippen LogP) is 6.21. The fourth-order valence-electron chi connectivity index (χ4n) is 5.08. The number of allylic oxidation sites excluding steroid dienone is 1. The van der Waals surface area contributed by atoms with Gasteiger partial charge in [-0.1, -0.05) is 38.6 Å². The van der Waals surface area contributed by atoms with E-state index in [1.54, 1.807) is 36.3 Å². The van der Waals surface area contributed by atoms with E-state index < -0.39 is 0 Å². The molecule has 0 amide bonds. The molecular weight excluding hydrogens is 500 g/mol. The summed E-state index contributed by atoms with van der Waals surface area (Å²) in [7, 11) is 1.79. The van der Waals surface area contributed by atoms with E-state index in [4.69, 9.17) is 9.97 Å². The van der Waals surface area contributed by atoms with Gasteiger partial charge in [0, 0.05) is 42.5 Å². The lowest BCUT2D eigenvalue weighted by molar-refractivity contribution is 0.0771. The van der Waals surface area contributed by atoms with Crippen molar-refractivity contribution in [1.82, 2.24) is 25.3 Å². The molecule has 8 nitrogen and oxygen atoms in total. The Hall–Kier alpha value is -2.69. The highest BCUT2D eigenvalue weighted by Crippen LogP contribution is 2.39. The fraction of sp³-hybridized carbons (Fsp3) is 0.481. The van der Waals surface area contributed by atoms with Gasteiger partial charge in [-0.25, -0.2) is 4.98 Å². The molecule has 0 spiro atoms. The summed E-state index contributed by atoms with van der Waals surface area (Å²) in [5, 5.41) is 12.5. The molecule has 3 N–H and O–H groups in total. The molecule has 1 fully saturated rings. The number of hydrogen-bond donors (Lipinski definition) is 3. The van der Waals surface area contributed by atoms with E-state index in [0.29, 0.717) is 29.9 Å². The smallest absolute Gasteiger partial charge is 0.226 e. The summed E-state index contributed by atoms with van der Waals surface area (Å²) in [6.45, 7) is 9.94. The molecule has 3 aromatic heterocycles. The molecule has 4 heterocycles. The zero-order chi connectivity index (χ0) is 26.2. The lowest BCUT2D eigenvalue weighted by atomic mass is 9.88. The van der Waals surface area contributed by atoms with Crippen LogP contribution < -0.4 is 16.1 Å². The van der Waals surface area contributed by atoms with Gasteiger partial charge < -0.3 is 16.1 Å². The molecule has 4 rings (SSSR count). The van der Waals surface area contributed by atoms with Gasteiger partial charge in [0.2, 0.25) is 5.95 Å². The second kappa shape index (κ2) is 13.2. The molecule has 1 aliphatic heterocycles. The van der Waals surface area contributed by atoms with E-state index in [-0.39, 0.29) is 0 Å². The molecule has 0 radical (unpaired) electrons. The van der Waals surface area contributed by atoms with Gasteiger partial charge in [0.1, 0.15) is 10.6 Å². The highest BCUT2D eigenvalue weighted by atomic mass is 32.2. The van der Waals surface area contributed by atoms with Crippen molar-refractivity contribution in [2.45, 2.75) is 80.6 Å². The Morgan fingerprint density at radius 2 is 2.00 bits per heavy atom. The van der Waals surface area contributed by atoms with Gasteiger partial charge in [-0.15, -0.1) is 11.3 Å². The molecule has 198 valence electrons. The number of hydrazone groups is 1. The first-order chi connectivity index (χ1) is 18.1. The first kappa shape index (κ1) is 27.3. The second-order valence-corrected chi connectivity index (χ2v) is 11.5. The van der Waals surface area contributed by atoms with Crippen LogP contribution in [0.5, 0.6) is 0 Å². The Kier molecular flexibility index (Phi) is 9.76. The molecule has 1 aliphatic rings. The average molecular weight is 539 g/mol. The van der Waals surface area contributed by atoms with E-state index in [1.807, 2.05) is 31.3 Å². The van der Waals surface area contributed by atoms with E-state index in [2.05, 4.69) is 63.9 Å². The van der Waals surface area contributed by atoms with Crippen LogP contribution in [0.1, 0.15) is 53.4 Å². The lowest BCUT2D eigenvalue weighted by Crippen LogP contribution is -2.52. The number of amidine groups is 1. The highest BCUT2D eigenvalue weighted by Gasteiger charge is 2.33. The third kappa shape index (κ3) is 6.80. The van der Waals surface area contributed by atoms with Gasteiger partial charge in [-0.05, 0) is 63.4 Å². The number of nitrogens with zero attached hydrogens (tertiary/aromatic N) is 5. The van der Waals surface area contributed by atoms with Crippen LogP contribution in [0, 0.1) is 0 Å². The standard InChI is InChI=1S/C27H38N8S2/c1-6-11-23(34-28-5)31-25-22-16-24(36-21-12-10-13-29-17-21)37-26(22)33-27(32-25)30-18-14-19(7-2)35(9-4)20(8-3)15-18/h6,10-13,16-20,28H,7-9,14-15H2,1-5H3,(H2,30,31,32,33,34)/b11-6+. The maximum Gasteiger partial charge on any atom is 0.226 e. The second-order valence-electron chi connectivity index (χ2n) is 9.08. The number of piperidine rings is 1. The summed E-state index contributed by atoms with van der Waals surface area (Å²) in [5.41, 5.74) is 2.87. The van der Waals surface area contributed by atoms with Crippen molar-refractivity contribution < 1.29 is 0 Å². The zero-order valence-electron chi connectivity index (χ0n) is 22.4. The Morgan fingerprint density at radius 1 is 1.22 bits per heavy atom. The normalized spacial score (nSPS) is 21.0. The number of hydrogen-bond acceptors (Lipinski definition) is 9. The maximum atomic E-state index is 4.97. The van der Waals surface area contributed by atoms with E-state index >= 15 is 0 Å². The molecule has 3 aromatic rings. The van der Waals surface area contributed by atoms with Crippen molar-refractivity contribution in [1.29, 1.82) is 0 Å². The molecule has 0 bridgehead atoms. The van der Waals surface area contributed by atoms with Crippen LogP contribution in [-0.2, 0) is 0 Å². The van der Waals surface area contributed by atoms with Crippen LogP contribution in [0.25, 0.3) is 10.2 Å². The summed E-state index contributed by atoms with van der Waals surface area (Å²) in [6, 6.07) is 7.68. The summed E-state index contributed by atoms with van der Waals surface area (Å²) in [4.78, 5) is 18.9. The first-order valence-electron chi connectivity index (χ1n) is 13.1. The number of aromatic nitrogens is 3. The summed E-state index contributed by atoms with van der Waals surface area (Å²) < 4.78 is 1.14. The minimum atomic E-state index is 0.341. The molecule has 37 heavy (non-hydrogen) atoms. The molecule has 1 saturated heterocycles. The van der Waals surface area contributed by atoms with E-state index in [9.17, 15) is 0 Å². The van der Waals surface area contributed by atoms with Gasteiger partial charge in [0.05, 0.1) is 9.60 Å². The first-order valence-corrected chi connectivity index (χ1v) is 14.8. The largest absolute Gasteiger partial charge is 0.351 e. The van der Waals surface area contributed by atoms with E-state index in [1.165, 1.54) is 0 Å². The third-order valence-corrected chi connectivity index (χ3v) is 8.84. The van der Waals surface area contributed by atoms with Crippen LogP contribution in [0.15, 0.2) is 57.0 Å². The molecule has 2 unspecified atom stereocenters. The molecule has 2 atom stereocenters. The van der Waals surface area contributed by atoms with Crippen molar-refractivity contribution in [2.75, 3.05) is 24.2 Å². The monoisotopic (exact) mass is 538 g/mol. The number of nitrogens with one attached hydrogen (secondary N) is 3. The van der Waals surface area contributed by atoms with Crippen LogP contribution >= 0.6 is 23.1 Å². The van der Waals surface area contributed by atoms with E-state index in [0.717, 1.165) is 57.4 Å². The topological polar surface area (TPSA) is 90.4 Å². The number of likely N-dealkylation sites (tertiary alicyclic amines) is 1. The SMILES string of the molecule is C/C=C/C(=N\NC)Nc1nc(NC2CC(CC)N(CC)C(CC)C2)nc2sc(Sc3cccnc3)cc12. The number of anilines is 2. The minimum Gasteiger partial charge on any atom is -0.351 e. The quantitative estimate of drug-likeness (QED) is 0.159. The highest BCUT2D eigenvalue weighted by molar-refractivity contribution is 8.01. The Bertz CT molecular complexity index is 1200. The fourth-order valence-corrected chi connectivity index (χ4v) is 7.21. The van der Waals surface area contributed by atoms with Gasteiger partial charge in [0.25, 0.3) is 0 Å². The Balaban J connectivity index is 1.67. The molecule has 0 aliphatic carbocycles. The maximum absolute atomic E-state index is 4.97. The Labute approximate surface area is 228 Å². The average Bonchev–Trinajstić information content (AvgIpc) is 3.31. The van der Waals surface area contributed by atoms with Crippen molar-refractivity contribution >= 4 is 50.9 Å². The summed E-state index contributed by atoms with van der Waals surface area (Å²) in [6.07, 6.45) is 12.1. The van der Waals surface area contributed by atoms with Crippen molar-refractivity contribution in [3.63, 3.8) is 0 Å². The van der Waals surface area contributed by atoms with Crippen LogP contribution in [-0.4, -0.2) is 57.4 Å². The molecular formula is C27H38N8S2. The van der Waals surface area contributed by atoms with Crippen LogP contribution in [0.3, 0.4) is 0 Å².